The maximum atomic E-state index is 13.0. The number of rotatable bonds is 4. The van der Waals surface area contributed by atoms with Crippen LogP contribution < -0.4 is 16.4 Å². The number of hydrogen-bond acceptors (Lipinski definition) is 3. The lowest BCUT2D eigenvalue weighted by atomic mass is 10.2. The first-order chi connectivity index (χ1) is 13.6. The molecule has 10 heteroatoms. The Labute approximate surface area is 160 Å². The van der Waals surface area contributed by atoms with Gasteiger partial charge in [0.05, 0.1) is 5.56 Å². The molecule has 150 valence electrons. The standard InChI is InChI=1S/C19H13F4N3O3/c20-13-4-6-15(7-5-13)26-9-8-25(17(28)18(26)29)11-16(27)24-14-3-1-2-12(10-14)19(21,22)23/h1-10H,11H2,(H,24,27). The number of anilines is 1. The van der Waals surface area contributed by atoms with Gasteiger partial charge in [0.2, 0.25) is 5.91 Å². The SMILES string of the molecule is O=C(Cn1ccn(-c2ccc(F)cc2)c(=O)c1=O)Nc1cccc(C(F)(F)F)c1. The average Bonchev–Trinajstić information content (AvgIpc) is 2.66. The molecule has 0 aliphatic carbocycles. The molecule has 0 aliphatic heterocycles. The smallest absolute Gasteiger partial charge is 0.325 e. The molecule has 0 radical (unpaired) electrons. The summed E-state index contributed by atoms with van der Waals surface area (Å²) in [5.41, 5.74) is -2.76. The Morgan fingerprint density at radius 3 is 2.31 bits per heavy atom. The van der Waals surface area contributed by atoms with Gasteiger partial charge in [-0.2, -0.15) is 13.2 Å². The third-order valence-corrected chi connectivity index (χ3v) is 3.95. The second-order valence-corrected chi connectivity index (χ2v) is 6.01. The number of benzene rings is 2. The first kappa shape index (κ1) is 20.1. The predicted molar refractivity (Wildman–Crippen MR) is 96.3 cm³/mol. The lowest BCUT2D eigenvalue weighted by Gasteiger charge is -2.11. The molecule has 0 atom stereocenters. The number of nitrogens with one attached hydrogen (secondary N) is 1. The number of halogens is 4. The van der Waals surface area contributed by atoms with Crippen molar-refractivity contribution in [2.45, 2.75) is 12.7 Å². The summed E-state index contributed by atoms with van der Waals surface area (Å²) in [5.74, 6) is -1.30. The molecule has 1 aromatic heterocycles. The molecule has 0 saturated heterocycles. The topological polar surface area (TPSA) is 73.1 Å². The highest BCUT2D eigenvalue weighted by Crippen LogP contribution is 2.30. The van der Waals surface area contributed by atoms with Crippen LogP contribution in [0.15, 0.2) is 70.5 Å². The van der Waals surface area contributed by atoms with Crippen molar-refractivity contribution in [3.63, 3.8) is 0 Å². The van der Waals surface area contributed by atoms with Crippen molar-refractivity contribution in [3.8, 4) is 5.69 Å². The van der Waals surface area contributed by atoms with E-state index in [-0.39, 0.29) is 11.4 Å². The fraction of sp³-hybridized carbons (Fsp3) is 0.105. The van der Waals surface area contributed by atoms with E-state index in [1.165, 1.54) is 30.6 Å². The first-order valence-corrected chi connectivity index (χ1v) is 8.20. The second-order valence-electron chi connectivity index (χ2n) is 6.01. The Balaban J connectivity index is 1.79. The summed E-state index contributed by atoms with van der Waals surface area (Å²) in [7, 11) is 0. The largest absolute Gasteiger partial charge is 0.416 e. The maximum Gasteiger partial charge on any atom is 0.416 e. The van der Waals surface area contributed by atoms with Gasteiger partial charge >= 0.3 is 17.3 Å². The van der Waals surface area contributed by atoms with Crippen LogP contribution >= 0.6 is 0 Å². The minimum atomic E-state index is -4.57. The lowest BCUT2D eigenvalue weighted by molar-refractivity contribution is -0.137. The van der Waals surface area contributed by atoms with Gasteiger partial charge in [0.1, 0.15) is 12.4 Å². The summed E-state index contributed by atoms with van der Waals surface area (Å²) in [6.07, 6.45) is -2.16. The van der Waals surface area contributed by atoms with E-state index in [1.54, 1.807) is 0 Å². The van der Waals surface area contributed by atoms with Crippen LogP contribution in [0, 0.1) is 5.82 Å². The highest BCUT2D eigenvalue weighted by atomic mass is 19.4. The number of nitrogens with zero attached hydrogens (tertiary/aromatic N) is 2. The molecule has 6 nitrogen and oxygen atoms in total. The van der Waals surface area contributed by atoms with E-state index in [0.29, 0.717) is 0 Å². The van der Waals surface area contributed by atoms with Crippen molar-refractivity contribution in [2.24, 2.45) is 0 Å². The Bertz CT molecular complexity index is 1160. The third kappa shape index (κ3) is 4.60. The molecular weight excluding hydrogens is 394 g/mol. The zero-order valence-electron chi connectivity index (χ0n) is 14.6. The first-order valence-electron chi connectivity index (χ1n) is 8.20. The number of aromatic nitrogens is 2. The molecular formula is C19H13F4N3O3. The molecule has 0 saturated carbocycles. The van der Waals surface area contributed by atoms with Crippen molar-refractivity contribution >= 4 is 11.6 Å². The van der Waals surface area contributed by atoms with Gasteiger partial charge in [0.15, 0.2) is 0 Å². The molecule has 2 aromatic carbocycles. The van der Waals surface area contributed by atoms with Gasteiger partial charge in [-0.1, -0.05) is 6.07 Å². The van der Waals surface area contributed by atoms with Crippen molar-refractivity contribution in [3.05, 3.63) is 93.0 Å². The molecule has 3 aromatic rings. The van der Waals surface area contributed by atoms with Crippen LogP contribution in [0.1, 0.15) is 5.56 Å². The van der Waals surface area contributed by atoms with Gasteiger partial charge in [-0.25, -0.2) is 4.39 Å². The number of hydrogen-bond donors (Lipinski definition) is 1. The molecule has 3 rings (SSSR count). The summed E-state index contributed by atoms with van der Waals surface area (Å²) in [6.45, 7) is -0.575. The van der Waals surface area contributed by atoms with Crippen molar-refractivity contribution in [2.75, 3.05) is 5.32 Å². The van der Waals surface area contributed by atoms with Crippen LogP contribution in [0.4, 0.5) is 23.2 Å². The Morgan fingerprint density at radius 1 is 0.966 bits per heavy atom. The van der Waals surface area contributed by atoms with E-state index >= 15 is 0 Å². The zero-order valence-corrected chi connectivity index (χ0v) is 14.6. The predicted octanol–water partition coefficient (Wildman–Crippen LogP) is 2.80. The van der Waals surface area contributed by atoms with E-state index in [4.69, 9.17) is 0 Å². The highest BCUT2D eigenvalue weighted by molar-refractivity contribution is 5.90. The monoisotopic (exact) mass is 407 g/mol. The van der Waals surface area contributed by atoms with E-state index in [9.17, 15) is 31.9 Å². The van der Waals surface area contributed by atoms with Gasteiger partial charge < -0.3 is 5.32 Å². The van der Waals surface area contributed by atoms with Crippen molar-refractivity contribution in [1.82, 2.24) is 9.13 Å². The van der Waals surface area contributed by atoms with E-state index in [2.05, 4.69) is 5.32 Å². The van der Waals surface area contributed by atoms with Crippen LogP contribution in [0.25, 0.3) is 5.69 Å². The molecule has 0 unspecified atom stereocenters. The summed E-state index contributed by atoms with van der Waals surface area (Å²) in [5, 5.41) is 2.25. The number of alkyl halides is 3. The number of amides is 1. The fourth-order valence-electron chi connectivity index (χ4n) is 2.57. The molecule has 1 N–H and O–H groups in total. The Morgan fingerprint density at radius 2 is 1.66 bits per heavy atom. The van der Waals surface area contributed by atoms with Gasteiger partial charge in [-0.15, -0.1) is 0 Å². The van der Waals surface area contributed by atoms with Crippen LogP contribution in [0.5, 0.6) is 0 Å². The quantitative estimate of drug-likeness (QED) is 0.534. The molecule has 0 bridgehead atoms. The van der Waals surface area contributed by atoms with E-state index in [0.717, 1.165) is 39.5 Å². The summed E-state index contributed by atoms with van der Waals surface area (Å²) < 4.78 is 53.0. The Hall–Kier alpha value is -3.69. The molecule has 1 heterocycles. The van der Waals surface area contributed by atoms with Gasteiger partial charge in [0.25, 0.3) is 0 Å². The molecule has 29 heavy (non-hydrogen) atoms. The minimum Gasteiger partial charge on any atom is -0.325 e. The summed E-state index contributed by atoms with van der Waals surface area (Å²) >= 11 is 0. The van der Waals surface area contributed by atoms with Crippen LogP contribution in [-0.4, -0.2) is 15.0 Å². The van der Waals surface area contributed by atoms with Crippen LogP contribution in [0.2, 0.25) is 0 Å². The lowest BCUT2D eigenvalue weighted by Crippen LogP contribution is -2.41. The molecule has 0 fully saturated rings. The van der Waals surface area contributed by atoms with Gasteiger partial charge in [-0.05, 0) is 42.5 Å². The highest BCUT2D eigenvalue weighted by Gasteiger charge is 2.30. The third-order valence-electron chi connectivity index (χ3n) is 3.95. The maximum absolute atomic E-state index is 13.0. The van der Waals surface area contributed by atoms with Crippen LogP contribution in [0.3, 0.4) is 0 Å². The molecule has 0 aliphatic rings. The van der Waals surface area contributed by atoms with Gasteiger partial charge in [0, 0.05) is 23.8 Å². The van der Waals surface area contributed by atoms with Crippen molar-refractivity contribution < 1.29 is 22.4 Å². The Kier molecular flexibility index (Phi) is 5.35. The van der Waals surface area contributed by atoms with Crippen LogP contribution in [-0.2, 0) is 17.5 Å². The van der Waals surface area contributed by atoms with E-state index in [1.807, 2.05) is 0 Å². The fourth-order valence-corrected chi connectivity index (χ4v) is 2.57. The van der Waals surface area contributed by atoms with E-state index < -0.39 is 41.1 Å². The van der Waals surface area contributed by atoms with Crippen molar-refractivity contribution in [1.29, 1.82) is 0 Å². The number of carbonyl (C=O) groups is 1. The summed E-state index contributed by atoms with van der Waals surface area (Å²) in [4.78, 5) is 36.6. The molecule has 0 spiro atoms. The minimum absolute atomic E-state index is 0.0995. The molecule has 1 amide bonds. The second kappa shape index (κ2) is 7.74. The number of carbonyl (C=O) groups excluding carboxylic acids is 1. The van der Waals surface area contributed by atoms with Gasteiger partial charge in [-0.3, -0.25) is 23.5 Å². The normalized spacial score (nSPS) is 11.3. The zero-order chi connectivity index (χ0) is 21.2. The average molecular weight is 407 g/mol. The summed E-state index contributed by atoms with van der Waals surface area (Å²) in [6, 6.07) is 8.87.